The Balaban J connectivity index is 1.61. The van der Waals surface area contributed by atoms with E-state index >= 15 is 0 Å². The molecule has 0 saturated heterocycles. The SMILES string of the molecule is C[C@H](NC(=O)COC(=O)c1cccc(S(=O)(=O)Nc2ccc(F)cc2)c1)c1ccccc1. The maximum Gasteiger partial charge on any atom is 0.338 e. The lowest BCUT2D eigenvalue weighted by Crippen LogP contribution is -2.31. The first-order valence-electron chi connectivity index (χ1n) is 9.64. The largest absolute Gasteiger partial charge is 0.452 e. The van der Waals surface area contributed by atoms with Crippen LogP contribution in [0, 0.1) is 5.82 Å². The van der Waals surface area contributed by atoms with Gasteiger partial charge in [0.2, 0.25) is 0 Å². The first-order chi connectivity index (χ1) is 15.2. The van der Waals surface area contributed by atoms with Crippen LogP contribution in [0.15, 0.2) is 83.8 Å². The fraction of sp³-hybridized carbons (Fsp3) is 0.130. The minimum atomic E-state index is -4.02. The molecule has 0 bridgehead atoms. The number of carbonyl (C=O) groups is 2. The third-order valence-corrected chi connectivity index (χ3v) is 5.87. The summed E-state index contributed by atoms with van der Waals surface area (Å²) < 4.78 is 45.5. The molecule has 0 aliphatic rings. The minimum absolute atomic E-state index is 0.0316. The van der Waals surface area contributed by atoms with Crippen LogP contribution in [0.4, 0.5) is 10.1 Å². The molecule has 0 aliphatic carbocycles. The third-order valence-electron chi connectivity index (χ3n) is 4.49. The van der Waals surface area contributed by atoms with E-state index in [4.69, 9.17) is 4.74 Å². The van der Waals surface area contributed by atoms with Gasteiger partial charge in [0.1, 0.15) is 5.82 Å². The lowest BCUT2D eigenvalue weighted by atomic mass is 10.1. The molecule has 0 unspecified atom stereocenters. The van der Waals surface area contributed by atoms with Crippen molar-refractivity contribution in [3.8, 4) is 0 Å². The molecule has 3 aromatic rings. The molecule has 2 N–H and O–H groups in total. The zero-order chi connectivity index (χ0) is 23.1. The van der Waals surface area contributed by atoms with Crippen molar-refractivity contribution in [2.45, 2.75) is 17.9 Å². The summed E-state index contributed by atoms with van der Waals surface area (Å²) in [6.45, 7) is 1.29. The van der Waals surface area contributed by atoms with Crippen molar-refractivity contribution in [1.29, 1.82) is 0 Å². The fourth-order valence-corrected chi connectivity index (χ4v) is 3.95. The van der Waals surface area contributed by atoms with Crippen LogP contribution in [0.1, 0.15) is 28.9 Å². The van der Waals surface area contributed by atoms with Gasteiger partial charge in [0.15, 0.2) is 6.61 Å². The topological polar surface area (TPSA) is 102 Å². The van der Waals surface area contributed by atoms with Crippen molar-refractivity contribution in [1.82, 2.24) is 5.32 Å². The average Bonchev–Trinajstić information content (AvgIpc) is 2.79. The Bertz CT molecular complexity index is 1200. The normalized spacial score (nSPS) is 11.9. The van der Waals surface area contributed by atoms with E-state index < -0.39 is 34.3 Å². The molecule has 0 aliphatic heterocycles. The Morgan fingerprint density at radius 1 is 0.969 bits per heavy atom. The van der Waals surface area contributed by atoms with Gasteiger partial charge in [0.05, 0.1) is 16.5 Å². The van der Waals surface area contributed by atoms with E-state index in [1.54, 1.807) is 6.92 Å². The molecular formula is C23H21FN2O5S. The second-order valence-electron chi connectivity index (χ2n) is 6.92. The molecule has 0 aromatic heterocycles. The summed E-state index contributed by atoms with van der Waals surface area (Å²) in [5.41, 5.74) is 1.04. The van der Waals surface area contributed by atoms with Gasteiger partial charge in [-0.25, -0.2) is 17.6 Å². The summed E-state index contributed by atoms with van der Waals surface area (Å²) in [5, 5.41) is 2.72. The highest BCUT2D eigenvalue weighted by molar-refractivity contribution is 7.92. The number of hydrogen-bond acceptors (Lipinski definition) is 5. The molecule has 0 heterocycles. The Kier molecular flexibility index (Phi) is 7.21. The number of carbonyl (C=O) groups excluding carboxylic acids is 2. The standard InChI is InChI=1S/C23H21FN2O5S/c1-16(17-6-3-2-4-7-17)25-22(27)15-31-23(28)18-8-5-9-21(14-18)32(29,30)26-20-12-10-19(24)11-13-20/h2-14,16,26H,15H2,1H3,(H,25,27)/t16-/m0/s1. The van der Waals surface area contributed by atoms with E-state index in [-0.39, 0.29) is 22.2 Å². The number of nitrogens with one attached hydrogen (secondary N) is 2. The molecule has 0 saturated carbocycles. The van der Waals surface area contributed by atoms with E-state index in [2.05, 4.69) is 10.0 Å². The Morgan fingerprint density at radius 2 is 1.66 bits per heavy atom. The van der Waals surface area contributed by atoms with Crippen LogP contribution in [-0.2, 0) is 19.6 Å². The monoisotopic (exact) mass is 456 g/mol. The molecule has 3 rings (SSSR count). The number of rotatable bonds is 8. The van der Waals surface area contributed by atoms with Gasteiger partial charge in [-0.15, -0.1) is 0 Å². The lowest BCUT2D eigenvalue weighted by Gasteiger charge is -2.14. The van der Waals surface area contributed by atoms with Crippen LogP contribution in [-0.4, -0.2) is 26.9 Å². The Morgan fingerprint density at radius 3 is 2.34 bits per heavy atom. The van der Waals surface area contributed by atoms with Gasteiger partial charge in [-0.05, 0) is 55.0 Å². The predicted molar refractivity (Wildman–Crippen MR) is 117 cm³/mol. The number of ether oxygens (including phenoxy) is 1. The summed E-state index contributed by atoms with van der Waals surface area (Å²) in [6, 6.07) is 19.0. The fourth-order valence-electron chi connectivity index (χ4n) is 2.84. The molecule has 0 spiro atoms. The second-order valence-corrected chi connectivity index (χ2v) is 8.60. The summed E-state index contributed by atoms with van der Waals surface area (Å²) in [5.74, 6) is -1.83. The van der Waals surface area contributed by atoms with Crippen LogP contribution in [0.5, 0.6) is 0 Å². The predicted octanol–water partition coefficient (Wildman–Crippen LogP) is 3.66. The van der Waals surface area contributed by atoms with Gasteiger partial charge in [-0.1, -0.05) is 36.4 Å². The molecule has 0 radical (unpaired) electrons. The van der Waals surface area contributed by atoms with E-state index in [0.29, 0.717) is 0 Å². The molecule has 3 aromatic carbocycles. The van der Waals surface area contributed by atoms with Crippen molar-refractivity contribution in [2.75, 3.05) is 11.3 Å². The van der Waals surface area contributed by atoms with Gasteiger partial charge in [-0.2, -0.15) is 0 Å². The quantitative estimate of drug-likeness (QED) is 0.504. The number of esters is 1. The Labute approximate surface area is 185 Å². The number of sulfonamides is 1. The molecule has 9 heteroatoms. The van der Waals surface area contributed by atoms with Crippen molar-refractivity contribution < 1.29 is 27.1 Å². The molecule has 32 heavy (non-hydrogen) atoms. The maximum absolute atomic E-state index is 13.0. The number of amides is 1. The number of benzene rings is 3. The van der Waals surface area contributed by atoms with Crippen LogP contribution >= 0.6 is 0 Å². The number of hydrogen-bond donors (Lipinski definition) is 2. The first-order valence-corrected chi connectivity index (χ1v) is 11.1. The summed E-state index contributed by atoms with van der Waals surface area (Å²) in [6.07, 6.45) is 0. The number of anilines is 1. The maximum atomic E-state index is 13.0. The summed E-state index contributed by atoms with van der Waals surface area (Å²) in [7, 11) is -4.02. The van der Waals surface area contributed by atoms with E-state index in [1.165, 1.54) is 30.3 Å². The van der Waals surface area contributed by atoms with Gasteiger partial charge < -0.3 is 10.1 Å². The van der Waals surface area contributed by atoms with Crippen LogP contribution in [0.2, 0.25) is 0 Å². The van der Waals surface area contributed by atoms with Gasteiger partial charge in [0.25, 0.3) is 15.9 Å². The smallest absolute Gasteiger partial charge is 0.338 e. The lowest BCUT2D eigenvalue weighted by molar-refractivity contribution is -0.124. The highest BCUT2D eigenvalue weighted by atomic mass is 32.2. The van der Waals surface area contributed by atoms with Crippen molar-refractivity contribution in [2.24, 2.45) is 0 Å². The zero-order valence-electron chi connectivity index (χ0n) is 17.1. The van der Waals surface area contributed by atoms with Gasteiger partial charge in [-0.3, -0.25) is 9.52 Å². The van der Waals surface area contributed by atoms with Crippen LogP contribution < -0.4 is 10.0 Å². The van der Waals surface area contributed by atoms with Gasteiger partial charge in [0, 0.05) is 5.69 Å². The summed E-state index contributed by atoms with van der Waals surface area (Å²) in [4.78, 5) is 24.2. The molecule has 1 amide bonds. The molecule has 1 atom stereocenters. The van der Waals surface area contributed by atoms with Crippen molar-refractivity contribution >= 4 is 27.6 Å². The van der Waals surface area contributed by atoms with Crippen molar-refractivity contribution in [3.63, 3.8) is 0 Å². The summed E-state index contributed by atoms with van der Waals surface area (Å²) >= 11 is 0. The highest BCUT2D eigenvalue weighted by Gasteiger charge is 2.18. The average molecular weight is 456 g/mol. The minimum Gasteiger partial charge on any atom is -0.452 e. The first kappa shape index (κ1) is 23.0. The second kappa shape index (κ2) is 10.1. The zero-order valence-corrected chi connectivity index (χ0v) is 17.9. The van der Waals surface area contributed by atoms with Gasteiger partial charge >= 0.3 is 5.97 Å². The molecule has 0 fully saturated rings. The Hall–Kier alpha value is -3.72. The van der Waals surface area contributed by atoms with Crippen LogP contribution in [0.25, 0.3) is 0 Å². The number of halogens is 1. The molecule has 166 valence electrons. The molecule has 7 nitrogen and oxygen atoms in total. The molecular weight excluding hydrogens is 435 g/mol. The van der Waals surface area contributed by atoms with Crippen LogP contribution in [0.3, 0.4) is 0 Å². The third kappa shape index (κ3) is 6.14. The highest BCUT2D eigenvalue weighted by Crippen LogP contribution is 2.18. The van der Waals surface area contributed by atoms with E-state index in [0.717, 1.165) is 23.8 Å². The van der Waals surface area contributed by atoms with E-state index in [9.17, 15) is 22.4 Å². The van der Waals surface area contributed by atoms with E-state index in [1.807, 2.05) is 30.3 Å². The van der Waals surface area contributed by atoms with Crippen molar-refractivity contribution in [3.05, 3.63) is 95.8 Å².